The molecule has 6 heteroatoms. The lowest BCUT2D eigenvalue weighted by Crippen LogP contribution is -2.23. The summed E-state index contributed by atoms with van der Waals surface area (Å²) in [5, 5.41) is 7.48. The molecule has 0 saturated carbocycles. The van der Waals surface area contributed by atoms with Gasteiger partial charge in [0.15, 0.2) is 11.5 Å². The highest BCUT2D eigenvalue weighted by Gasteiger charge is 2.11. The molecule has 0 bridgehead atoms. The average Bonchev–Trinajstić information content (AvgIpc) is 3.03. The maximum atomic E-state index is 12.6. The van der Waals surface area contributed by atoms with Gasteiger partial charge in [0, 0.05) is 17.8 Å². The van der Waals surface area contributed by atoms with Crippen LogP contribution in [0.15, 0.2) is 48.5 Å². The number of benzene rings is 2. The molecule has 0 aliphatic heterocycles. The second kappa shape index (κ2) is 9.28. The van der Waals surface area contributed by atoms with Gasteiger partial charge < -0.3 is 14.8 Å². The highest BCUT2D eigenvalue weighted by molar-refractivity contribution is 5.94. The van der Waals surface area contributed by atoms with Crippen molar-refractivity contribution in [1.29, 1.82) is 0 Å². The van der Waals surface area contributed by atoms with Gasteiger partial charge in [0.25, 0.3) is 5.91 Å². The number of hydrogen-bond acceptors (Lipinski definition) is 4. The smallest absolute Gasteiger partial charge is 0.251 e. The van der Waals surface area contributed by atoms with E-state index in [4.69, 9.17) is 9.47 Å². The van der Waals surface area contributed by atoms with Crippen LogP contribution in [0.2, 0.25) is 0 Å². The van der Waals surface area contributed by atoms with Crippen LogP contribution in [0.4, 0.5) is 0 Å². The summed E-state index contributed by atoms with van der Waals surface area (Å²) in [4.78, 5) is 12.6. The van der Waals surface area contributed by atoms with E-state index in [0.717, 1.165) is 22.5 Å². The van der Waals surface area contributed by atoms with Crippen LogP contribution in [0.3, 0.4) is 0 Å². The van der Waals surface area contributed by atoms with Crippen LogP contribution in [0.25, 0.3) is 0 Å². The minimum absolute atomic E-state index is 0.155. The zero-order valence-corrected chi connectivity index (χ0v) is 17.4. The first-order valence-electron chi connectivity index (χ1n) is 9.68. The fourth-order valence-corrected chi connectivity index (χ4v) is 3.22. The number of nitrogens with one attached hydrogen (secondary N) is 1. The maximum absolute atomic E-state index is 12.6. The Hall–Kier alpha value is -3.28. The topological polar surface area (TPSA) is 65.4 Å². The first kappa shape index (κ1) is 20.5. The lowest BCUT2D eigenvalue weighted by Gasteiger charge is -2.12. The predicted molar refractivity (Wildman–Crippen MR) is 113 cm³/mol. The van der Waals surface area contributed by atoms with Crippen LogP contribution in [0, 0.1) is 13.8 Å². The monoisotopic (exact) mass is 393 g/mol. The third-order valence-electron chi connectivity index (χ3n) is 4.61. The van der Waals surface area contributed by atoms with Gasteiger partial charge >= 0.3 is 0 Å². The molecule has 29 heavy (non-hydrogen) atoms. The number of aryl methyl sites for hydroxylation is 2. The normalized spacial score (nSPS) is 10.6. The van der Waals surface area contributed by atoms with Gasteiger partial charge in [-0.05, 0) is 56.2 Å². The number of rotatable bonds is 8. The Morgan fingerprint density at radius 1 is 1.07 bits per heavy atom. The van der Waals surface area contributed by atoms with Crippen LogP contribution in [0.1, 0.15) is 39.8 Å². The molecular formula is C23H27N3O3. The van der Waals surface area contributed by atoms with Crippen molar-refractivity contribution < 1.29 is 14.3 Å². The van der Waals surface area contributed by atoms with Crippen LogP contribution in [-0.2, 0) is 13.1 Å². The summed E-state index contributed by atoms with van der Waals surface area (Å²) in [6, 6.07) is 15.4. The molecule has 0 aliphatic carbocycles. The van der Waals surface area contributed by atoms with E-state index in [0.29, 0.717) is 36.8 Å². The fourth-order valence-electron chi connectivity index (χ4n) is 3.22. The predicted octanol–water partition coefficient (Wildman–Crippen LogP) is 3.89. The number of carbonyl (C=O) groups excluding carboxylic acids is 1. The minimum atomic E-state index is -0.155. The van der Waals surface area contributed by atoms with Gasteiger partial charge in [-0.15, -0.1) is 0 Å². The number of aromatic nitrogens is 2. The molecule has 0 radical (unpaired) electrons. The molecule has 0 saturated heterocycles. The molecule has 0 aliphatic rings. The van der Waals surface area contributed by atoms with E-state index in [1.54, 1.807) is 25.3 Å². The van der Waals surface area contributed by atoms with E-state index in [1.165, 1.54) is 0 Å². The largest absolute Gasteiger partial charge is 0.493 e. The summed E-state index contributed by atoms with van der Waals surface area (Å²) >= 11 is 0. The van der Waals surface area contributed by atoms with E-state index in [-0.39, 0.29) is 5.91 Å². The molecule has 3 rings (SSSR count). The lowest BCUT2D eigenvalue weighted by molar-refractivity contribution is 0.0950. The molecule has 0 unspecified atom stereocenters. The summed E-state index contributed by atoms with van der Waals surface area (Å²) in [6.45, 7) is 7.59. The van der Waals surface area contributed by atoms with Crippen molar-refractivity contribution in [3.63, 3.8) is 0 Å². The van der Waals surface area contributed by atoms with E-state index >= 15 is 0 Å². The highest BCUT2D eigenvalue weighted by atomic mass is 16.5. The van der Waals surface area contributed by atoms with E-state index in [2.05, 4.69) is 35.5 Å². The van der Waals surface area contributed by atoms with Crippen LogP contribution in [-0.4, -0.2) is 29.4 Å². The van der Waals surface area contributed by atoms with Gasteiger partial charge in [-0.2, -0.15) is 5.10 Å². The Labute approximate surface area is 171 Å². The van der Waals surface area contributed by atoms with Crippen molar-refractivity contribution in [2.24, 2.45) is 0 Å². The van der Waals surface area contributed by atoms with Crippen LogP contribution >= 0.6 is 0 Å². The SMILES string of the molecule is CCOc1cc(C(=O)NCc2cccc(Cn3nc(C)cc3C)c2)ccc1OC. The lowest BCUT2D eigenvalue weighted by atomic mass is 10.1. The highest BCUT2D eigenvalue weighted by Crippen LogP contribution is 2.28. The molecule has 1 amide bonds. The standard InChI is InChI=1S/C23H27N3O3/c1-5-29-22-13-20(9-10-21(22)28-4)23(27)24-14-18-7-6-8-19(12-18)15-26-17(3)11-16(2)25-26/h6-13H,5,14-15H2,1-4H3,(H,24,27). The molecule has 6 nitrogen and oxygen atoms in total. The summed E-state index contributed by atoms with van der Waals surface area (Å²) in [7, 11) is 1.58. The van der Waals surface area contributed by atoms with E-state index in [1.807, 2.05) is 30.7 Å². The molecular weight excluding hydrogens is 366 g/mol. The second-order valence-corrected chi connectivity index (χ2v) is 6.89. The Morgan fingerprint density at radius 3 is 2.55 bits per heavy atom. The van der Waals surface area contributed by atoms with Crippen molar-refractivity contribution in [2.45, 2.75) is 33.9 Å². The van der Waals surface area contributed by atoms with Gasteiger partial charge in [0.2, 0.25) is 0 Å². The number of ether oxygens (including phenoxy) is 2. The summed E-state index contributed by atoms with van der Waals surface area (Å²) in [5.41, 5.74) is 4.86. The number of carbonyl (C=O) groups is 1. The molecule has 0 fully saturated rings. The number of amides is 1. The summed E-state index contributed by atoms with van der Waals surface area (Å²) in [6.07, 6.45) is 0. The molecule has 1 heterocycles. The van der Waals surface area contributed by atoms with E-state index in [9.17, 15) is 4.79 Å². The van der Waals surface area contributed by atoms with Crippen LogP contribution in [0.5, 0.6) is 11.5 Å². The summed E-state index contributed by atoms with van der Waals surface area (Å²) in [5.74, 6) is 1.02. The van der Waals surface area contributed by atoms with Crippen molar-refractivity contribution >= 4 is 5.91 Å². The Kier molecular flexibility index (Phi) is 6.54. The first-order chi connectivity index (χ1) is 14.0. The van der Waals surface area contributed by atoms with Crippen LogP contribution < -0.4 is 14.8 Å². The third kappa shape index (κ3) is 5.16. The van der Waals surface area contributed by atoms with Gasteiger partial charge in [0.05, 0.1) is 26.0 Å². The molecule has 0 spiro atoms. The Balaban J connectivity index is 1.66. The second-order valence-electron chi connectivity index (χ2n) is 6.89. The fraction of sp³-hybridized carbons (Fsp3) is 0.304. The van der Waals surface area contributed by atoms with Gasteiger partial charge in [-0.1, -0.05) is 24.3 Å². The molecule has 2 aromatic carbocycles. The molecule has 1 aromatic heterocycles. The average molecular weight is 393 g/mol. The van der Waals surface area contributed by atoms with E-state index < -0.39 is 0 Å². The zero-order chi connectivity index (χ0) is 20.8. The zero-order valence-electron chi connectivity index (χ0n) is 17.4. The Bertz CT molecular complexity index is 995. The third-order valence-corrected chi connectivity index (χ3v) is 4.61. The van der Waals surface area contributed by atoms with Crippen molar-refractivity contribution in [3.8, 4) is 11.5 Å². The first-order valence-corrected chi connectivity index (χ1v) is 9.68. The number of hydrogen-bond donors (Lipinski definition) is 1. The van der Waals surface area contributed by atoms with Gasteiger partial charge in [-0.25, -0.2) is 0 Å². The van der Waals surface area contributed by atoms with Gasteiger partial charge in [0.1, 0.15) is 0 Å². The minimum Gasteiger partial charge on any atom is -0.493 e. The van der Waals surface area contributed by atoms with Crippen molar-refractivity contribution in [3.05, 3.63) is 76.6 Å². The maximum Gasteiger partial charge on any atom is 0.251 e. The summed E-state index contributed by atoms with van der Waals surface area (Å²) < 4.78 is 12.8. The van der Waals surface area contributed by atoms with Crippen molar-refractivity contribution in [1.82, 2.24) is 15.1 Å². The van der Waals surface area contributed by atoms with Crippen molar-refractivity contribution in [2.75, 3.05) is 13.7 Å². The molecule has 1 N–H and O–H groups in total. The number of methoxy groups -OCH3 is 1. The molecule has 152 valence electrons. The van der Waals surface area contributed by atoms with Gasteiger partial charge in [-0.3, -0.25) is 9.48 Å². The number of nitrogens with zero attached hydrogens (tertiary/aromatic N) is 2. The molecule has 3 aromatic rings. The Morgan fingerprint density at radius 2 is 1.86 bits per heavy atom. The quantitative estimate of drug-likeness (QED) is 0.631. The molecule has 0 atom stereocenters.